The first kappa shape index (κ1) is 26.6. The van der Waals surface area contributed by atoms with Crippen LogP contribution in [0.3, 0.4) is 0 Å². The molecule has 0 spiro atoms. The first-order valence-electron chi connectivity index (χ1n) is 11.0. The van der Waals surface area contributed by atoms with Crippen LogP contribution in [0.25, 0.3) is 11.2 Å². The maximum Gasteiger partial charge on any atom is 0.326 e. The van der Waals surface area contributed by atoms with Gasteiger partial charge in [0.1, 0.15) is 35.7 Å². The second kappa shape index (κ2) is 13.1. The molecule has 12 nitrogen and oxygen atoms in total. The standard InChI is InChI=1S/C22H31N6O6P/c1-15(2)33-22(29)18(11-30-3)27-35(34-17-7-5-16(31-4)6-8-17)14-32-10-9-28-13-26-19-20(23)24-12-25-21(19)28/h5-8,12-13,15,18,27H,9-11,14H2,1-4H3,(H2,23,24,25). The summed E-state index contributed by atoms with van der Waals surface area (Å²) in [4.78, 5) is 25.0. The molecule has 0 bridgehead atoms. The summed E-state index contributed by atoms with van der Waals surface area (Å²) in [5, 5.41) is 3.20. The van der Waals surface area contributed by atoms with Crippen LogP contribution in [0.1, 0.15) is 13.8 Å². The third-order valence-electron chi connectivity index (χ3n) is 4.66. The van der Waals surface area contributed by atoms with Gasteiger partial charge in [0.05, 0.1) is 32.8 Å². The summed E-state index contributed by atoms with van der Waals surface area (Å²) in [6, 6.07) is 6.44. The van der Waals surface area contributed by atoms with Crippen LogP contribution in [0.4, 0.5) is 5.82 Å². The van der Waals surface area contributed by atoms with Gasteiger partial charge in [-0.25, -0.2) is 20.0 Å². The lowest BCUT2D eigenvalue weighted by Crippen LogP contribution is -2.41. The summed E-state index contributed by atoms with van der Waals surface area (Å²) in [6.45, 7) is 4.56. The Kier molecular flexibility index (Phi) is 9.98. The van der Waals surface area contributed by atoms with Gasteiger partial charge in [-0.2, -0.15) is 0 Å². The molecule has 0 radical (unpaired) electrons. The van der Waals surface area contributed by atoms with Crippen LogP contribution >= 0.6 is 8.30 Å². The van der Waals surface area contributed by atoms with Crippen molar-refractivity contribution >= 4 is 31.3 Å². The van der Waals surface area contributed by atoms with Crippen LogP contribution in [-0.4, -0.2) is 71.4 Å². The largest absolute Gasteiger partial charge is 0.497 e. The van der Waals surface area contributed by atoms with Gasteiger partial charge in [-0.3, -0.25) is 4.79 Å². The van der Waals surface area contributed by atoms with E-state index >= 15 is 0 Å². The number of imidazole rings is 1. The van der Waals surface area contributed by atoms with E-state index in [2.05, 4.69) is 20.0 Å². The number of anilines is 1. The van der Waals surface area contributed by atoms with Crippen molar-refractivity contribution in [3.05, 3.63) is 36.9 Å². The van der Waals surface area contributed by atoms with Crippen molar-refractivity contribution in [2.24, 2.45) is 0 Å². The number of ether oxygens (including phenoxy) is 4. The molecule has 3 aromatic rings. The summed E-state index contributed by atoms with van der Waals surface area (Å²) in [5.41, 5.74) is 7.02. The number of rotatable bonds is 14. The molecule has 190 valence electrons. The van der Waals surface area contributed by atoms with E-state index in [0.717, 1.165) is 0 Å². The molecular weight excluding hydrogens is 475 g/mol. The highest BCUT2D eigenvalue weighted by molar-refractivity contribution is 7.50. The molecule has 2 heterocycles. The molecule has 0 saturated carbocycles. The summed E-state index contributed by atoms with van der Waals surface area (Å²) in [7, 11) is 1.68. The Morgan fingerprint density at radius 2 is 1.89 bits per heavy atom. The van der Waals surface area contributed by atoms with Gasteiger partial charge in [-0.1, -0.05) is 0 Å². The molecule has 35 heavy (non-hydrogen) atoms. The third kappa shape index (κ3) is 7.72. The zero-order valence-corrected chi connectivity index (χ0v) is 21.1. The molecular formula is C22H31N6O6P. The number of methoxy groups -OCH3 is 2. The van der Waals surface area contributed by atoms with Crippen molar-refractivity contribution in [1.82, 2.24) is 24.6 Å². The minimum absolute atomic E-state index is 0.124. The summed E-state index contributed by atoms with van der Waals surface area (Å²) >= 11 is 0. The van der Waals surface area contributed by atoms with Crippen LogP contribution in [0.15, 0.2) is 36.9 Å². The Hall–Kier alpha value is -3.05. The van der Waals surface area contributed by atoms with Crippen molar-refractivity contribution in [2.75, 3.05) is 39.5 Å². The van der Waals surface area contributed by atoms with Crippen LogP contribution in [0, 0.1) is 0 Å². The number of nitrogens with two attached hydrogens (primary N) is 1. The van der Waals surface area contributed by atoms with Crippen molar-refractivity contribution in [3.8, 4) is 11.5 Å². The van der Waals surface area contributed by atoms with Crippen LogP contribution < -0.4 is 20.1 Å². The zero-order valence-electron chi connectivity index (χ0n) is 20.2. The highest BCUT2D eigenvalue weighted by atomic mass is 31.2. The fourth-order valence-electron chi connectivity index (χ4n) is 3.04. The van der Waals surface area contributed by atoms with Crippen molar-refractivity contribution < 1.29 is 28.3 Å². The van der Waals surface area contributed by atoms with E-state index in [1.165, 1.54) is 13.4 Å². The Labute approximate surface area is 205 Å². The lowest BCUT2D eigenvalue weighted by atomic mass is 10.3. The number of benzene rings is 1. The van der Waals surface area contributed by atoms with Gasteiger partial charge < -0.3 is 33.8 Å². The summed E-state index contributed by atoms with van der Waals surface area (Å²) in [6.07, 6.45) is 3.00. The lowest BCUT2D eigenvalue weighted by molar-refractivity contribution is -0.150. The Bertz CT molecular complexity index is 1080. The minimum Gasteiger partial charge on any atom is -0.497 e. The summed E-state index contributed by atoms with van der Waals surface area (Å²) < 4.78 is 29.6. The molecule has 0 aliphatic rings. The monoisotopic (exact) mass is 506 g/mol. The zero-order chi connectivity index (χ0) is 25.2. The maximum atomic E-state index is 12.6. The number of hydrogen-bond donors (Lipinski definition) is 2. The first-order valence-corrected chi connectivity index (χ1v) is 12.4. The van der Waals surface area contributed by atoms with Gasteiger partial charge >= 0.3 is 5.97 Å². The van der Waals surface area contributed by atoms with Crippen molar-refractivity contribution in [1.29, 1.82) is 0 Å². The van der Waals surface area contributed by atoms with Crippen LogP contribution in [-0.2, 0) is 25.5 Å². The molecule has 0 amide bonds. The molecule has 2 aromatic heterocycles. The van der Waals surface area contributed by atoms with Gasteiger partial charge in [0.25, 0.3) is 0 Å². The van der Waals surface area contributed by atoms with E-state index in [-0.39, 0.29) is 19.1 Å². The van der Waals surface area contributed by atoms with Crippen molar-refractivity contribution in [2.45, 2.75) is 32.5 Å². The van der Waals surface area contributed by atoms with Crippen LogP contribution in [0.2, 0.25) is 0 Å². The number of esters is 1. The maximum absolute atomic E-state index is 12.6. The number of nitrogen functional groups attached to an aromatic ring is 1. The average molecular weight is 507 g/mol. The van der Waals surface area contributed by atoms with Gasteiger partial charge in [0.2, 0.25) is 0 Å². The number of hydrogen-bond acceptors (Lipinski definition) is 11. The quantitative estimate of drug-likeness (QED) is 0.189. The van der Waals surface area contributed by atoms with Gasteiger partial charge in [0, 0.05) is 13.7 Å². The average Bonchev–Trinajstić information content (AvgIpc) is 3.25. The molecule has 0 aliphatic carbocycles. The highest BCUT2D eigenvalue weighted by Gasteiger charge is 2.26. The third-order valence-corrected chi connectivity index (χ3v) is 6.11. The summed E-state index contributed by atoms with van der Waals surface area (Å²) in [5.74, 6) is 1.22. The Morgan fingerprint density at radius 1 is 1.14 bits per heavy atom. The minimum atomic E-state index is -1.43. The fraction of sp³-hybridized carbons (Fsp3) is 0.455. The van der Waals surface area contributed by atoms with Crippen molar-refractivity contribution in [3.63, 3.8) is 0 Å². The molecule has 0 fully saturated rings. The molecule has 13 heteroatoms. The molecule has 3 rings (SSSR count). The highest BCUT2D eigenvalue weighted by Crippen LogP contribution is 2.35. The Morgan fingerprint density at radius 3 is 2.57 bits per heavy atom. The molecule has 3 N–H and O–H groups in total. The number of nitrogens with one attached hydrogen (secondary N) is 1. The first-order chi connectivity index (χ1) is 16.9. The second-order valence-corrected chi connectivity index (χ2v) is 9.13. The number of carbonyl (C=O) groups excluding carboxylic acids is 1. The molecule has 2 unspecified atom stereocenters. The van der Waals surface area contributed by atoms with E-state index in [4.69, 9.17) is 29.2 Å². The number of carbonyl (C=O) groups is 1. The Balaban J connectivity index is 1.64. The molecule has 2 atom stereocenters. The van der Waals surface area contributed by atoms with E-state index in [1.807, 2.05) is 4.57 Å². The van der Waals surface area contributed by atoms with Gasteiger partial charge in [-0.15, -0.1) is 0 Å². The predicted molar refractivity (Wildman–Crippen MR) is 131 cm³/mol. The fourth-order valence-corrected chi connectivity index (χ4v) is 4.42. The normalized spacial score (nSPS) is 13.1. The number of fused-ring (bicyclic) bond motifs is 1. The topological polar surface area (TPSA) is 145 Å². The smallest absolute Gasteiger partial charge is 0.326 e. The number of nitrogens with zero attached hydrogens (tertiary/aromatic N) is 4. The van der Waals surface area contributed by atoms with Gasteiger partial charge in [0.15, 0.2) is 19.8 Å². The number of aromatic nitrogens is 4. The van der Waals surface area contributed by atoms with E-state index in [0.29, 0.717) is 41.6 Å². The van der Waals surface area contributed by atoms with E-state index in [1.54, 1.807) is 51.6 Å². The van der Waals surface area contributed by atoms with Gasteiger partial charge in [-0.05, 0) is 38.1 Å². The second-order valence-electron chi connectivity index (χ2n) is 7.67. The lowest BCUT2D eigenvalue weighted by Gasteiger charge is -2.25. The molecule has 0 aliphatic heterocycles. The molecule has 1 aromatic carbocycles. The van der Waals surface area contributed by atoms with E-state index < -0.39 is 20.3 Å². The SMILES string of the molecule is COCC(NP(COCCn1cnc2c(N)ncnc21)Oc1ccc(OC)cc1)C(=O)OC(C)C. The molecule has 0 saturated heterocycles. The predicted octanol–water partition coefficient (Wildman–Crippen LogP) is 2.34. The van der Waals surface area contributed by atoms with Crippen LogP contribution in [0.5, 0.6) is 11.5 Å². The van der Waals surface area contributed by atoms with E-state index in [9.17, 15) is 4.79 Å².